The zero-order chi connectivity index (χ0) is 22.2. The molecule has 3 heterocycles. The first-order chi connectivity index (χ1) is 15.4. The molecule has 32 heavy (non-hydrogen) atoms. The molecule has 0 radical (unpaired) electrons. The topological polar surface area (TPSA) is 26.0 Å². The lowest BCUT2D eigenvalue weighted by molar-refractivity contribution is -0.662. The molecule has 0 saturated carbocycles. The normalized spacial score (nSPS) is 12.8. The van der Waals surface area contributed by atoms with E-state index in [0.29, 0.717) is 0 Å². The zero-order valence-corrected chi connectivity index (χ0v) is 20.8. The number of hydrogen-bond donors (Lipinski definition) is 0. The highest BCUT2D eigenvalue weighted by Crippen LogP contribution is 2.51. The summed E-state index contributed by atoms with van der Waals surface area (Å²) in [6.45, 7) is 9.24. The van der Waals surface area contributed by atoms with Crippen molar-refractivity contribution in [1.82, 2.24) is 4.98 Å². The summed E-state index contributed by atoms with van der Waals surface area (Å²) in [6, 6.07) is 19.6. The Kier molecular flexibility index (Phi) is 4.14. The molecule has 0 amide bonds. The number of aromatic nitrogens is 2. The third-order valence-electron chi connectivity index (χ3n) is 6.97. The Morgan fingerprint density at radius 2 is 1.53 bits per heavy atom. The van der Waals surface area contributed by atoms with Gasteiger partial charge in [0.1, 0.15) is 19.2 Å². The number of benzene rings is 3. The van der Waals surface area contributed by atoms with E-state index in [1.807, 2.05) is 17.7 Å². The van der Waals surface area contributed by atoms with Crippen LogP contribution in [0.5, 0.6) is 11.5 Å². The lowest BCUT2D eigenvalue weighted by Crippen LogP contribution is -2.51. The van der Waals surface area contributed by atoms with Crippen molar-refractivity contribution in [1.29, 1.82) is 0 Å². The van der Waals surface area contributed by atoms with Crippen molar-refractivity contribution < 1.29 is 9.30 Å². The summed E-state index contributed by atoms with van der Waals surface area (Å²) in [7, 11) is 0.127. The van der Waals surface area contributed by atoms with E-state index in [0.717, 1.165) is 21.7 Å². The van der Waals surface area contributed by atoms with Crippen LogP contribution in [0.4, 0.5) is 0 Å². The second-order valence-corrected chi connectivity index (χ2v) is 14.9. The number of hydrogen-bond acceptors (Lipinski definition) is 3. The quantitative estimate of drug-likeness (QED) is 0.256. The monoisotopic (exact) mass is 453 g/mol. The first-order valence-electron chi connectivity index (χ1n) is 11.0. The van der Waals surface area contributed by atoms with Crippen LogP contribution in [0.2, 0.25) is 13.1 Å². The minimum Gasteiger partial charge on any atom is -0.455 e. The maximum absolute atomic E-state index is 6.90. The Labute approximate surface area is 193 Å². The average Bonchev–Trinajstić information content (AvgIpc) is 3.20. The molecule has 0 atom stereocenters. The Morgan fingerprint density at radius 1 is 0.875 bits per heavy atom. The molecular formula is C27H25N2OSSi+. The Bertz CT molecular complexity index is 1550. The lowest BCUT2D eigenvalue weighted by atomic mass is 9.91. The highest BCUT2D eigenvalue weighted by molar-refractivity contribution is 7.34. The Morgan fingerprint density at radius 3 is 2.25 bits per heavy atom. The average molecular weight is 454 g/mol. The van der Waals surface area contributed by atoms with Crippen LogP contribution in [0.1, 0.15) is 11.1 Å². The van der Waals surface area contributed by atoms with Crippen LogP contribution in [0.15, 0.2) is 60.9 Å². The van der Waals surface area contributed by atoms with Gasteiger partial charge in [0.2, 0.25) is 4.83 Å². The largest absolute Gasteiger partial charge is 0.455 e. The molecule has 0 spiro atoms. The molecule has 0 aliphatic carbocycles. The van der Waals surface area contributed by atoms with Gasteiger partial charge < -0.3 is 4.74 Å². The van der Waals surface area contributed by atoms with E-state index in [1.165, 1.54) is 42.8 Å². The molecule has 5 heteroatoms. The molecule has 158 valence electrons. The highest BCUT2D eigenvalue weighted by atomic mass is 32.1. The van der Waals surface area contributed by atoms with E-state index in [1.54, 1.807) is 0 Å². The number of ether oxygens (including phenoxy) is 1. The second kappa shape index (κ2) is 6.74. The Hall–Kier alpha value is -3.02. The summed E-state index contributed by atoms with van der Waals surface area (Å²) in [5.41, 5.74) is 4.89. The summed E-state index contributed by atoms with van der Waals surface area (Å²) < 4.78 is 10.4. The molecule has 1 aliphatic rings. The van der Waals surface area contributed by atoms with Crippen LogP contribution in [0.3, 0.4) is 0 Å². The van der Waals surface area contributed by atoms with E-state index in [9.17, 15) is 0 Å². The fourth-order valence-electron chi connectivity index (χ4n) is 5.14. The summed E-state index contributed by atoms with van der Waals surface area (Å²) in [4.78, 5) is 5.89. The number of aryl methyl sites for hydroxylation is 3. The van der Waals surface area contributed by atoms with Crippen molar-refractivity contribution in [2.24, 2.45) is 7.05 Å². The number of nitrogens with zero attached hydrogens (tertiary/aromatic N) is 2. The van der Waals surface area contributed by atoms with E-state index < -0.39 is 8.07 Å². The van der Waals surface area contributed by atoms with Gasteiger partial charge in [0.15, 0.2) is 11.4 Å². The first-order valence-corrected chi connectivity index (χ1v) is 14.8. The summed E-state index contributed by atoms with van der Waals surface area (Å²) >= 11 is 1.81. The van der Waals surface area contributed by atoms with Crippen LogP contribution < -0.4 is 19.0 Å². The van der Waals surface area contributed by atoms with Gasteiger partial charge in [-0.3, -0.25) is 0 Å². The molecule has 3 nitrogen and oxygen atoms in total. The van der Waals surface area contributed by atoms with E-state index in [2.05, 4.69) is 93.2 Å². The zero-order valence-electron chi connectivity index (χ0n) is 19.0. The van der Waals surface area contributed by atoms with Crippen LogP contribution in [0, 0.1) is 13.8 Å². The van der Waals surface area contributed by atoms with Crippen LogP contribution >= 0.6 is 11.3 Å². The molecule has 0 N–H and O–H groups in total. The van der Waals surface area contributed by atoms with E-state index in [4.69, 9.17) is 9.72 Å². The Balaban J connectivity index is 1.73. The molecule has 5 aromatic rings. The van der Waals surface area contributed by atoms with Crippen LogP contribution in [-0.4, -0.2) is 13.1 Å². The van der Waals surface area contributed by atoms with Gasteiger partial charge in [0.25, 0.3) is 6.33 Å². The summed E-state index contributed by atoms with van der Waals surface area (Å²) in [5, 5.41) is 5.12. The molecule has 0 fully saturated rings. The molecule has 0 saturated heterocycles. The van der Waals surface area contributed by atoms with Gasteiger partial charge in [-0.1, -0.05) is 84.2 Å². The van der Waals surface area contributed by atoms with E-state index >= 15 is 0 Å². The standard InChI is InChI=1S/C27H25N2OSSi/c1-16-19-13-9-10-14-20(19)17(2)24-21(16)23-22-25(30-24)27(31-26(22)28-15-29(23)3)32(4,5)18-11-7-6-8-12-18/h6-15H,1-5H3/q+1. The molecule has 2 aromatic heterocycles. The number of rotatable bonds is 2. The number of thiophene rings is 1. The van der Waals surface area contributed by atoms with Crippen molar-refractivity contribution in [3.8, 4) is 22.8 Å². The third kappa shape index (κ3) is 2.52. The predicted octanol–water partition coefficient (Wildman–Crippen LogP) is 5.49. The summed E-state index contributed by atoms with van der Waals surface area (Å²) in [5.74, 6) is 2.02. The minimum atomic E-state index is -1.97. The fourth-order valence-corrected chi connectivity index (χ4v) is 9.66. The van der Waals surface area contributed by atoms with Gasteiger partial charge in [0, 0.05) is 10.1 Å². The van der Waals surface area contributed by atoms with Gasteiger partial charge in [-0.25, -0.2) is 4.57 Å². The van der Waals surface area contributed by atoms with E-state index in [-0.39, 0.29) is 0 Å². The van der Waals surface area contributed by atoms with Crippen molar-refractivity contribution >= 4 is 50.1 Å². The van der Waals surface area contributed by atoms with Crippen LogP contribution in [-0.2, 0) is 7.05 Å². The maximum Gasteiger partial charge on any atom is 0.288 e. The molecule has 3 aromatic carbocycles. The smallest absolute Gasteiger partial charge is 0.288 e. The van der Waals surface area contributed by atoms with Crippen molar-refractivity contribution in [2.75, 3.05) is 0 Å². The van der Waals surface area contributed by atoms with Crippen molar-refractivity contribution in [3.63, 3.8) is 0 Å². The minimum absolute atomic E-state index is 0.995. The lowest BCUT2D eigenvalue weighted by Gasteiger charge is -2.27. The molecule has 6 rings (SSSR count). The van der Waals surface area contributed by atoms with Gasteiger partial charge in [-0.15, -0.1) is 0 Å². The maximum atomic E-state index is 6.90. The van der Waals surface area contributed by atoms with Gasteiger partial charge in [0.05, 0.1) is 12.6 Å². The second-order valence-electron chi connectivity index (χ2n) is 9.24. The summed E-state index contributed by atoms with van der Waals surface area (Å²) in [6.07, 6.45) is 1.96. The molecule has 0 unspecified atom stereocenters. The SMILES string of the molecule is Cc1c2c(c(C)c3ccccc13)-c1c3c(c([Si](C)(C)c4ccccc4)sc3nc[n+]1C)O2. The first kappa shape index (κ1) is 19.6. The highest BCUT2D eigenvalue weighted by Gasteiger charge is 2.40. The predicted molar refractivity (Wildman–Crippen MR) is 136 cm³/mol. The molecule has 0 bridgehead atoms. The molecular weight excluding hydrogens is 428 g/mol. The van der Waals surface area contributed by atoms with Crippen LogP contribution in [0.25, 0.3) is 32.2 Å². The van der Waals surface area contributed by atoms with Gasteiger partial charge in [-0.2, -0.15) is 0 Å². The number of fused-ring (bicyclic) bond motifs is 3. The van der Waals surface area contributed by atoms with Crippen molar-refractivity contribution in [2.45, 2.75) is 26.9 Å². The third-order valence-corrected chi connectivity index (χ3v) is 12.8. The fraction of sp³-hybridized carbons (Fsp3) is 0.185. The van der Waals surface area contributed by atoms with Crippen molar-refractivity contribution in [3.05, 3.63) is 72.1 Å². The van der Waals surface area contributed by atoms with Gasteiger partial charge >= 0.3 is 0 Å². The van der Waals surface area contributed by atoms with Gasteiger partial charge in [-0.05, 0) is 35.2 Å². The molecule has 1 aliphatic heterocycles.